The molecule has 0 aliphatic carbocycles. The van der Waals surface area contributed by atoms with Crippen molar-refractivity contribution < 1.29 is 0 Å². The molecule has 0 heterocycles. The highest BCUT2D eigenvalue weighted by molar-refractivity contribution is 6.17. The Morgan fingerprint density at radius 2 is 2.10 bits per heavy atom. The molecule has 0 aliphatic heterocycles. The standard InChI is InChI=1S/C8H9Cl.Mg.2H/c1-7-3-2-4-8(5-7)6-9;;;/h2-5H,6H2,1H3;;;. The van der Waals surface area contributed by atoms with Crippen LogP contribution in [0, 0.1) is 6.92 Å². The van der Waals surface area contributed by atoms with Crippen molar-refractivity contribution in [3.8, 4) is 0 Å². The van der Waals surface area contributed by atoms with Crippen molar-refractivity contribution in [1.82, 2.24) is 0 Å². The maximum atomic E-state index is 5.60. The second kappa shape index (κ2) is 5.00. The molecule has 1 aromatic carbocycles. The highest BCUT2D eigenvalue weighted by atomic mass is 35.5. The lowest BCUT2D eigenvalue weighted by Crippen LogP contribution is -1.76. The van der Waals surface area contributed by atoms with Gasteiger partial charge in [-0.05, 0) is 12.5 Å². The van der Waals surface area contributed by atoms with Gasteiger partial charge in [0.15, 0.2) is 0 Å². The molecule has 10 heavy (non-hydrogen) atoms. The Morgan fingerprint density at radius 1 is 1.40 bits per heavy atom. The van der Waals surface area contributed by atoms with Crippen molar-refractivity contribution in [3.63, 3.8) is 0 Å². The van der Waals surface area contributed by atoms with Crippen LogP contribution < -0.4 is 0 Å². The normalized spacial score (nSPS) is 8.60. The summed E-state index contributed by atoms with van der Waals surface area (Å²) in [5.74, 6) is 0.613. The molecule has 0 saturated heterocycles. The maximum absolute atomic E-state index is 5.60. The fraction of sp³-hybridized carbons (Fsp3) is 0.250. The molecule has 1 rings (SSSR count). The van der Waals surface area contributed by atoms with Crippen LogP contribution in [0.1, 0.15) is 11.1 Å². The first-order valence-electron chi connectivity index (χ1n) is 2.94. The summed E-state index contributed by atoms with van der Waals surface area (Å²) < 4.78 is 0. The monoisotopic (exact) mass is 166 g/mol. The summed E-state index contributed by atoms with van der Waals surface area (Å²) in [7, 11) is 0. The molecule has 0 spiro atoms. The zero-order valence-corrected chi connectivity index (χ0v) is 6.15. The van der Waals surface area contributed by atoms with Gasteiger partial charge in [0.25, 0.3) is 0 Å². The van der Waals surface area contributed by atoms with Gasteiger partial charge in [-0.15, -0.1) is 11.6 Å². The summed E-state index contributed by atoms with van der Waals surface area (Å²) in [6.45, 7) is 2.07. The molecule has 0 N–H and O–H groups in total. The van der Waals surface area contributed by atoms with Crippen molar-refractivity contribution in [3.05, 3.63) is 35.4 Å². The Morgan fingerprint density at radius 3 is 2.50 bits per heavy atom. The van der Waals surface area contributed by atoms with Crippen LogP contribution in [0.4, 0.5) is 0 Å². The third-order valence-corrected chi connectivity index (χ3v) is 1.55. The van der Waals surface area contributed by atoms with E-state index in [4.69, 9.17) is 11.6 Å². The number of halogens is 1. The number of aryl methyl sites for hydroxylation is 1. The Kier molecular flexibility index (Phi) is 5.14. The third-order valence-electron chi connectivity index (χ3n) is 1.24. The molecule has 0 aliphatic rings. The lowest BCUT2D eigenvalue weighted by atomic mass is 10.2. The van der Waals surface area contributed by atoms with Crippen LogP contribution in [0.3, 0.4) is 0 Å². The quantitative estimate of drug-likeness (QED) is 0.442. The second-order valence-electron chi connectivity index (χ2n) is 2.12. The zero-order chi connectivity index (χ0) is 6.69. The van der Waals surface area contributed by atoms with E-state index in [0.29, 0.717) is 5.88 Å². The summed E-state index contributed by atoms with van der Waals surface area (Å²) in [6.07, 6.45) is 0. The van der Waals surface area contributed by atoms with Crippen LogP contribution in [0.5, 0.6) is 0 Å². The van der Waals surface area contributed by atoms with Crippen molar-refractivity contribution in [2.24, 2.45) is 0 Å². The topological polar surface area (TPSA) is 0 Å². The number of alkyl halides is 1. The molecule has 0 fully saturated rings. The van der Waals surface area contributed by atoms with Gasteiger partial charge >= 0.3 is 23.1 Å². The van der Waals surface area contributed by atoms with E-state index in [-0.39, 0.29) is 23.1 Å². The van der Waals surface area contributed by atoms with Crippen LogP contribution in [0.15, 0.2) is 24.3 Å². The Hall–Kier alpha value is 0.276. The summed E-state index contributed by atoms with van der Waals surface area (Å²) in [5.41, 5.74) is 2.46. The first-order valence-corrected chi connectivity index (χ1v) is 3.48. The van der Waals surface area contributed by atoms with Gasteiger partial charge in [0, 0.05) is 5.88 Å². The van der Waals surface area contributed by atoms with E-state index in [1.54, 1.807) is 0 Å². The number of hydrogen-bond acceptors (Lipinski definition) is 0. The lowest BCUT2D eigenvalue weighted by Gasteiger charge is -1.94. The molecule has 52 valence electrons. The minimum absolute atomic E-state index is 0. The minimum atomic E-state index is 0. The Labute approximate surface area is 82.7 Å². The second-order valence-corrected chi connectivity index (χ2v) is 2.39. The molecule has 1 aromatic rings. The van der Waals surface area contributed by atoms with Gasteiger partial charge in [0.1, 0.15) is 0 Å². The zero-order valence-electron chi connectivity index (χ0n) is 5.39. The first kappa shape index (κ1) is 10.3. The number of benzene rings is 1. The smallest absolute Gasteiger partial charge is 0.122 e. The van der Waals surface area contributed by atoms with Gasteiger partial charge in [-0.1, -0.05) is 29.8 Å². The van der Waals surface area contributed by atoms with Crippen molar-refractivity contribution in [1.29, 1.82) is 0 Å². The number of rotatable bonds is 1. The van der Waals surface area contributed by atoms with E-state index >= 15 is 0 Å². The average Bonchev–Trinajstić information content (AvgIpc) is 1.88. The van der Waals surface area contributed by atoms with Crippen LogP contribution in [-0.2, 0) is 5.88 Å². The van der Waals surface area contributed by atoms with Gasteiger partial charge < -0.3 is 0 Å². The molecule has 0 unspecified atom stereocenters. The molecule has 0 aromatic heterocycles. The Bertz CT molecular complexity index is 198. The Balaban J connectivity index is 0.000000810. The van der Waals surface area contributed by atoms with E-state index in [1.165, 1.54) is 11.1 Å². The fourth-order valence-corrected chi connectivity index (χ4v) is 0.962. The molecule has 0 atom stereocenters. The van der Waals surface area contributed by atoms with Crippen molar-refractivity contribution in [2.45, 2.75) is 12.8 Å². The van der Waals surface area contributed by atoms with Gasteiger partial charge in [0.05, 0.1) is 0 Å². The minimum Gasteiger partial charge on any atom is -0.122 e. The van der Waals surface area contributed by atoms with Gasteiger partial charge in [0.2, 0.25) is 0 Å². The van der Waals surface area contributed by atoms with E-state index in [1.807, 2.05) is 12.1 Å². The van der Waals surface area contributed by atoms with E-state index in [9.17, 15) is 0 Å². The SMILES string of the molecule is Cc1cccc(CCl)c1.[MgH2]. The summed E-state index contributed by atoms with van der Waals surface area (Å²) in [4.78, 5) is 0. The van der Waals surface area contributed by atoms with Crippen LogP contribution >= 0.6 is 11.6 Å². The third kappa shape index (κ3) is 2.91. The molecule has 0 amide bonds. The maximum Gasteiger partial charge on any atom is 0.316 e. The molecular formula is C8H11ClMg. The highest BCUT2D eigenvalue weighted by Gasteiger charge is 1.87. The van der Waals surface area contributed by atoms with Crippen LogP contribution in [-0.4, -0.2) is 23.1 Å². The van der Waals surface area contributed by atoms with Gasteiger partial charge in [-0.2, -0.15) is 0 Å². The molecule has 0 bridgehead atoms. The van der Waals surface area contributed by atoms with Gasteiger partial charge in [-0.25, -0.2) is 0 Å². The summed E-state index contributed by atoms with van der Waals surface area (Å²) >= 11 is 5.60. The predicted octanol–water partition coefficient (Wildman–Crippen LogP) is 1.82. The average molecular weight is 167 g/mol. The highest BCUT2D eigenvalue weighted by Crippen LogP contribution is 2.05. The fourth-order valence-electron chi connectivity index (χ4n) is 0.795. The van der Waals surface area contributed by atoms with E-state index in [2.05, 4.69) is 19.1 Å². The molecule has 0 nitrogen and oxygen atoms in total. The lowest BCUT2D eigenvalue weighted by molar-refractivity contribution is 1.35. The van der Waals surface area contributed by atoms with Crippen molar-refractivity contribution >= 4 is 34.7 Å². The molecule has 0 saturated carbocycles. The van der Waals surface area contributed by atoms with E-state index < -0.39 is 0 Å². The van der Waals surface area contributed by atoms with Crippen molar-refractivity contribution in [2.75, 3.05) is 0 Å². The molecule has 2 heteroatoms. The predicted molar refractivity (Wildman–Crippen MR) is 49.3 cm³/mol. The first-order chi connectivity index (χ1) is 4.33. The molecular weight excluding hydrogens is 156 g/mol. The van der Waals surface area contributed by atoms with Gasteiger partial charge in [-0.3, -0.25) is 0 Å². The molecule has 0 radical (unpaired) electrons. The number of hydrogen-bond donors (Lipinski definition) is 0. The summed E-state index contributed by atoms with van der Waals surface area (Å²) in [5, 5.41) is 0. The van der Waals surface area contributed by atoms with Crippen LogP contribution in [0.2, 0.25) is 0 Å². The van der Waals surface area contributed by atoms with E-state index in [0.717, 1.165) is 0 Å². The van der Waals surface area contributed by atoms with Crippen LogP contribution in [0.25, 0.3) is 0 Å². The largest absolute Gasteiger partial charge is 0.316 e. The summed E-state index contributed by atoms with van der Waals surface area (Å²) in [6, 6.07) is 8.20.